The molecule has 0 aliphatic rings. The van der Waals surface area contributed by atoms with Gasteiger partial charge < -0.3 is 0 Å². The molecule has 0 atom stereocenters. The number of benzene rings is 2. The number of rotatable bonds is 4. The van der Waals surface area contributed by atoms with Gasteiger partial charge >= 0.3 is 0 Å². The number of hydrogen-bond donors (Lipinski definition) is 2. The number of carbonyl (C=O) groups excluding carboxylic acids is 2. The number of hydrazine groups is 1. The quantitative estimate of drug-likeness (QED) is 0.464. The highest BCUT2D eigenvalue weighted by Crippen LogP contribution is 2.16. The lowest BCUT2D eigenvalue weighted by Gasteiger charge is -2.13. The first kappa shape index (κ1) is 21.3. The molecule has 0 saturated carbocycles. The summed E-state index contributed by atoms with van der Waals surface area (Å²) in [4.78, 5) is 37.9. The second-order valence-electron chi connectivity index (χ2n) is 7.30. The average molecular weight is 451 g/mol. The standard InChI is InChI=1S/C22H19ClN6O3/c1-13(2)29-22(32)18-9-4-3-8-17(18)19(27-29)21(31)26-25-20(30)14-11-24-28(12-14)16-7-5-6-15(23)10-16/h3-13H,1-2H3,(H,25,30)(H,26,31). The van der Waals surface area contributed by atoms with Gasteiger partial charge in [-0.25, -0.2) is 9.36 Å². The first-order valence-electron chi connectivity index (χ1n) is 9.78. The van der Waals surface area contributed by atoms with Crippen LogP contribution in [-0.4, -0.2) is 31.4 Å². The van der Waals surface area contributed by atoms with Crippen molar-refractivity contribution < 1.29 is 9.59 Å². The Labute approximate surface area is 187 Å². The zero-order valence-corrected chi connectivity index (χ0v) is 18.0. The molecule has 0 unspecified atom stereocenters. The summed E-state index contributed by atoms with van der Waals surface area (Å²) in [7, 11) is 0. The van der Waals surface area contributed by atoms with E-state index in [0.717, 1.165) is 0 Å². The van der Waals surface area contributed by atoms with Crippen LogP contribution in [0.25, 0.3) is 16.5 Å². The Bertz CT molecular complexity index is 1390. The summed E-state index contributed by atoms with van der Waals surface area (Å²) in [6, 6.07) is 13.5. The molecule has 162 valence electrons. The SMILES string of the molecule is CC(C)n1nc(C(=O)NNC(=O)c2cnn(-c3cccc(Cl)c3)c2)c2ccccc2c1=O. The minimum Gasteiger partial charge on any atom is -0.267 e. The monoisotopic (exact) mass is 450 g/mol. The molecule has 0 bridgehead atoms. The van der Waals surface area contributed by atoms with Gasteiger partial charge in [0.05, 0.1) is 28.9 Å². The average Bonchev–Trinajstić information content (AvgIpc) is 3.28. The van der Waals surface area contributed by atoms with Crippen molar-refractivity contribution in [2.75, 3.05) is 0 Å². The maximum atomic E-state index is 12.8. The van der Waals surface area contributed by atoms with E-state index >= 15 is 0 Å². The van der Waals surface area contributed by atoms with Crippen LogP contribution >= 0.6 is 11.6 Å². The lowest BCUT2D eigenvalue weighted by molar-refractivity contribution is 0.0843. The van der Waals surface area contributed by atoms with E-state index in [-0.39, 0.29) is 22.9 Å². The van der Waals surface area contributed by atoms with Crippen LogP contribution in [0.15, 0.2) is 65.7 Å². The molecule has 0 aliphatic carbocycles. The van der Waals surface area contributed by atoms with Crippen molar-refractivity contribution in [1.82, 2.24) is 30.4 Å². The lowest BCUT2D eigenvalue weighted by Crippen LogP contribution is -2.42. The Balaban J connectivity index is 1.54. The third kappa shape index (κ3) is 4.10. The van der Waals surface area contributed by atoms with E-state index < -0.39 is 11.8 Å². The molecule has 2 aromatic carbocycles. The van der Waals surface area contributed by atoms with Crippen LogP contribution < -0.4 is 16.4 Å². The summed E-state index contributed by atoms with van der Waals surface area (Å²) in [6.07, 6.45) is 2.88. The van der Waals surface area contributed by atoms with Crippen molar-refractivity contribution in [3.8, 4) is 5.69 Å². The van der Waals surface area contributed by atoms with Gasteiger partial charge in [-0.15, -0.1) is 0 Å². The van der Waals surface area contributed by atoms with Gasteiger partial charge in [0, 0.05) is 16.6 Å². The van der Waals surface area contributed by atoms with Gasteiger partial charge in [-0.3, -0.25) is 25.2 Å². The smallest absolute Gasteiger partial charge is 0.267 e. The van der Waals surface area contributed by atoms with Gasteiger partial charge in [-0.1, -0.05) is 35.9 Å². The molecule has 0 spiro atoms. The summed E-state index contributed by atoms with van der Waals surface area (Å²) < 4.78 is 2.74. The fraction of sp³-hybridized carbons (Fsp3) is 0.136. The molecule has 0 saturated heterocycles. The Hall–Kier alpha value is -3.98. The largest absolute Gasteiger partial charge is 0.290 e. The van der Waals surface area contributed by atoms with E-state index in [1.54, 1.807) is 62.4 Å². The van der Waals surface area contributed by atoms with Crippen LogP contribution in [-0.2, 0) is 0 Å². The molecule has 9 nitrogen and oxygen atoms in total. The topological polar surface area (TPSA) is 111 Å². The first-order chi connectivity index (χ1) is 15.3. The molecule has 2 aromatic heterocycles. The number of halogens is 1. The van der Waals surface area contributed by atoms with Crippen LogP contribution in [0.2, 0.25) is 5.02 Å². The van der Waals surface area contributed by atoms with Crippen molar-refractivity contribution in [1.29, 1.82) is 0 Å². The van der Waals surface area contributed by atoms with E-state index in [1.807, 2.05) is 0 Å². The second-order valence-corrected chi connectivity index (χ2v) is 7.74. The Morgan fingerprint density at radius 1 is 1.00 bits per heavy atom. The molecule has 0 fully saturated rings. The zero-order chi connectivity index (χ0) is 22.8. The Kier molecular flexibility index (Phi) is 5.74. The highest BCUT2D eigenvalue weighted by molar-refractivity contribution is 6.30. The number of amides is 2. The summed E-state index contributed by atoms with van der Waals surface area (Å²) in [5.74, 6) is -1.21. The molecule has 4 rings (SSSR count). The summed E-state index contributed by atoms with van der Waals surface area (Å²) in [5.41, 5.74) is 5.38. The molecule has 2 N–H and O–H groups in total. The van der Waals surface area contributed by atoms with Crippen LogP contribution in [0.4, 0.5) is 0 Å². The first-order valence-corrected chi connectivity index (χ1v) is 10.2. The summed E-state index contributed by atoms with van der Waals surface area (Å²) in [5, 5.41) is 9.67. The number of carbonyl (C=O) groups is 2. The Morgan fingerprint density at radius 2 is 1.72 bits per heavy atom. The van der Waals surface area contributed by atoms with Crippen LogP contribution in [0, 0.1) is 0 Å². The molecule has 0 radical (unpaired) electrons. The van der Waals surface area contributed by atoms with Gasteiger partial charge in [-0.05, 0) is 38.1 Å². The fourth-order valence-electron chi connectivity index (χ4n) is 3.17. The molecule has 32 heavy (non-hydrogen) atoms. The van der Waals surface area contributed by atoms with Gasteiger partial charge in [0.15, 0.2) is 5.69 Å². The predicted molar refractivity (Wildman–Crippen MR) is 120 cm³/mol. The van der Waals surface area contributed by atoms with E-state index in [0.29, 0.717) is 21.5 Å². The maximum Gasteiger partial charge on any atom is 0.290 e. The molecule has 4 aromatic rings. The van der Waals surface area contributed by atoms with E-state index in [2.05, 4.69) is 21.0 Å². The van der Waals surface area contributed by atoms with Crippen LogP contribution in [0.3, 0.4) is 0 Å². The van der Waals surface area contributed by atoms with Gasteiger partial charge in [-0.2, -0.15) is 10.2 Å². The van der Waals surface area contributed by atoms with Crippen molar-refractivity contribution in [2.24, 2.45) is 0 Å². The third-order valence-corrected chi connectivity index (χ3v) is 4.97. The van der Waals surface area contributed by atoms with Crippen molar-refractivity contribution in [3.63, 3.8) is 0 Å². The molecule has 0 aliphatic heterocycles. The van der Waals surface area contributed by atoms with Gasteiger partial charge in [0.25, 0.3) is 17.4 Å². The maximum absolute atomic E-state index is 12.8. The third-order valence-electron chi connectivity index (χ3n) is 4.74. The fourth-order valence-corrected chi connectivity index (χ4v) is 3.35. The molecule has 10 heteroatoms. The number of hydrogen-bond acceptors (Lipinski definition) is 5. The number of aromatic nitrogens is 4. The molecular weight excluding hydrogens is 432 g/mol. The lowest BCUT2D eigenvalue weighted by atomic mass is 10.1. The molecule has 2 heterocycles. The zero-order valence-electron chi connectivity index (χ0n) is 17.2. The molecule has 2 amide bonds. The highest BCUT2D eigenvalue weighted by atomic mass is 35.5. The number of nitrogens with one attached hydrogen (secondary N) is 2. The van der Waals surface area contributed by atoms with Crippen molar-refractivity contribution in [2.45, 2.75) is 19.9 Å². The number of nitrogens with zero attached hydrogens (tertiary/aromatic N) is 4. The van der Waals surface area contributed by atoms with Crippen LogP contribution in [0.1, 0.15) is 40.7 Å². The Morgan fingerprint density at radius 3 is 2.44 bits per heavy atom. The molecular formula is C22H19ClN6O3. The van der Waals surface area contributed by atoms with Crippen LogP contribution in [0.5, 0.6) is 0 Å². The minimum absolute atomic E-state index is 0.0313. The van der Waals surface area contributed by atoms with E-state index in [4.69, 9.17) is 11.6 Å². The minimum atomic E-state index is -0.647. The predicted octanol–water partition coefficient (Wildman–Crippen LogP) is 2.89. The summed E-state index contributed by atoms with van der Waals surface area (Å²) >= 11 is 5.99. The summed E-state index contributed by atoms with van der Waals surface area (Å²) in [6.45, 7) is 3.59. The van der Waals surface area contributed by atoms with E-state index in [9.17, 15) is 14.4 Å². The number of fused-ring (bicyclic) bond motifs is 1. The normalized spacial score (nSPS) is 11.0. The second kappa shape index (κ2) is 8.64. The van der Waals surface area contributed by atoms with Gasteiger partial charge in [0.1, 0.15) is 0 Å². The van der Waals surface area contributed by atoms with E-state index in [1.165, 1.54) is 21.8 Å². The van der Waals surface area contributed by atoms with Crippen molar-refractivity contribution >= 4 is 34.2 Å². The van der Waals surface area contributed by atoms with Crippen molar-refractivity contribution in [3.05, 3.63) is 87.6 Å². The van der Waals surface area contributed by atoms with Gasteiger partial charge in [0.2, 0.25) is 0 Å². The highest BCUT2D eigenvalue weighted by Gasteiger charge is 2.19.